The molecule has 0 saturated carbocycles. The number of para-hydroxylation sites is 1. The number of methoxy groups -OCH3 is 3. The lowest BCUT2D eigenvalue weighted by Gasteiger charge is -2.38. The van der Waals surface area contributed by atoms with Crippen LogP contribution in [0, 0.1) is 54.1 Å². The third-order valence-electron chi connectivity index (χ3n) is 21.8. The molecule has 0 spiro atoms. The number of nitrogens with zero attached hydrogens (tertiary/aromatic N) is 7. The molecule has 2 aromatic heterocycles. The van der Waals surface area contributed by atoms with Gasteiger partial charge in [-0.15, -0.1) is 0 Å². The van der Waals surface area contributed by atoms with Gasteiger partial charge in [0.25, 0.3) is 0 Å². The Bertz CT molecular complexity index is 4540. The zero-order valence-electron chi connectivity index (χ0n) is 91.8. The largest absolute Gasteiger partial charge is 0.467 e. The first kappa shape index (κ1) is 125. The summed E-state index contributed by atoms with van der Waals surface area (Å²) in [4.78, 5) is 150. The average molecular weight is 1950 g/mol. The predicted octanol–water partition coefficient (Wildman–Crippen LogP) is 19.4. The summed E-state index contributed by atoms with van der Waals surface area (Å²) in [6.45, 7) is 74.0. The number of hydrogen-bond acceptors (Lipinski definition) is 25. The molecule has 30 nitrogen and oxygen atoms in total. The number of ether oxygens (including phenoxy) is 11. The Balaban J connectivity index is 0.000000524. The van der Waals surface area contributed by atoms with Crippen LogP contribution in [0.4, 0.5) is 9.59 Å². The van der Waals surface area contributed by atoms with Gasteiger partial charge in [0.1, 0.15) is 42.2 Å². The van der Waals surface area contributed by atoms with Gasteiger partial charge in [0.05, 0.1) is 89.2 Å². The Morgan fingerprint density at radius 2 is 0.892 bits per heavy atom. The van der Waals surface area contributed by atoms with Crippen molar-refractivity contribution in [3.8, 4) is 5.75 Å². The average Bonchev–Trinajstić information content (AvgIpc) is 1.64. The van der Waals surface area contributed by atoms with Crippen LogP contribution in [-0.2, 0) is 115 Å². The standard InChI is InChI=1S/C15H19NO2.C13H18O2.C12H21NO4.C11H19NO3.C10H20N2O.C10H17NO3.C10H15N.C10H18O3.C9H16O3.C9H14O2/c1-15(2,3)9-11-10-16(14(17)18-4)13-8-6-5-7-12(11)13;1-10(14)15-12-7-5-11(6-8-12)9-13(2,3)4;1-12(2,3)8-17-11(15)13-7-5-6-9(13)10(14)16-4;1-11(2,3)10(14)12-7-5-6-8(12)9(13)15-4;1-10(2,3)9(13)12-7-5-11(4)6-8-12;1-7(12)11-5-8(6-11)14-9(13)10(2,3)4;1-10(2,3)8-9-4-6-11-7-5-9;1-10(2,3)9(11)13-8-4-6-12-7-5-8;1-9(2,3)8(10)12-7-4-5-11-6-7;1-6-5-7(9(2,3)4)11-8(6)10/h5-8,10H,9H2,1-4H3;5-8H,9H2,1-4H3;9H,5-8H2,1-4H3;8H,5-7H2,1-4H3;5-8H2,1-4H3;8H,5-6H2,1-4H3;4-7H,8H2,1-3H3;8H,4-7H2,1-3H3;7H,4-6H2,1-3H3;5,7H,1-4H3/t;;9-;8-;;;;;;/m..00....../s1. The first-order chi connectivity index (χ1) is 63.7. The van der Waals surface area contributed by atoms with E-state index in [1.54, 1.807) is 21.3 Å². The molecule has 11 rings (SSSR count). The molecule has 6 fully saturated rings. The Labute approximate surface area is 832 Å². The number of amides is 4. The number of likely N-dealkylation sites (tertiary alicyclic amines) is 3. The lowest BCUT2D eigenvalue weighted by Crippen LogP contribution is -2.55. The number of fused-ring (bicyclic) bond motifs is 1. The van der Waals surface area contributed by atoms with Gasteiger partial charge in [-0.1, -0.05) is 176 Å². The lowest BCUT2D eigenvalue weighted by atomic mass is 9.88. The summed E-state index contributed by atoms with van der Waals surface area (Å²) >= 11 is 0. The molecule has 30 heteroatoms. The fraction of sp³-hybridized carbons (Fsp3) is 0.697. The van der Waals surface area contributed by atoms with Crippen LogP contribution in [0.2, 0.25) is 0 Å². The Morgan fingerprint density at radius 1 is 0.453 bits per heavy atom. The van der Waals surface area contributed by atoms with Crippen LogP contribution in [0.3, 0.4) is 0 Å². The van der Waals surface area contributed by atoms with Crippen LogP contribution in [-0.4, -0.2) is 256 Å². The number of carbonyl (C=O) groups is 12. The molecule has 0 aliphatic carbocycles. The molecule has 0 radical (unpaired) electrons. The van der Waals surface area contributed by atoms with Gasteiger partial charge < -0.3 is 71.7 Å². The Hall–Kier alpha value is -9.81. The van der Waals surface area contributed by atoms with E-state index in [2.05, 4.69) is 123 Å². The van der Waals surface area contributed by atoms with Crippen LogP contribution < -0.4 is 4.74 Å². The van der Waals surface area contributed by atoms with Gasteiger partial charge in [0, 0.05) is 118 Å². The highest BCUT2D eigenvalue weighted by Gasteiger charge is 2.42. The Kier molecular flexibility index (Phi) is 50.6. The molecule has 4 aromatic rings. The molecule has 139 heavy (non-hydrogen) atoms. The maximum Gasteiger partial charge on any atom is 0.418 e. The second-order valence-electron chi connectivity index (χ2n) is 47.4. The van der Waals surface area contributed by atoms with E-state index in [0.717, 1.165) is 94.0 Å². The fourth-order valence-electron chi connectivity index (χ4n) is 13.9. The van der Waals surface area contributed by atoms with Crippen LogP contribution in [0.1, 0.15) is 290 Å². The van der Waals surface area contributed by atoms with Gasteiger partial charge in [-0.2, -0.15) is 0 Å². The second kappa shape index (κ2) is 56.1. The van der Waals surface area contributed by atoms with Crippen LogP contribution in [0.25, 0.3) is 10.9 Å². The molecule has 6 saturated heterocycles. The molecule has 9 heterocycles. The van der Waals surface area contributed by atoms with Gasteiger partial charge >= 0.3 is 54.0 Å². The molecule has 4 atom stereocenters. The van der Waals surface area contributed by atoms with E-state index in [0.29, 0.717) is 83.2 Å². The maximum atomic E-state index is 12.0. The summed E-state index contributed by atoms with van der Waals surface area (Å²) in [5, 5.41) is 1.12. The van der Waals surface area contributed by atoms with Crippen molar-refractivity contribution in [2.75, 3.05) is 114 Å². The number of benzene rings is 2. The number of carbonyl (C=O) groups excluding carboxylic acids is 12. The van der Waals surface area contributed by atoms with E-state index in [9.17, 15) is 57.5 Å². The molecular formula is C109H177N7O23. The van der Waals surface area contributed by atoms with E-state index in [1.807, 2.05) is 197 Å². The minimum atomic E-state index is -0.479. The summed E-state index contributed by atoms with van der Waals surface area (Å²) in [6.07, 6.45) is 15.2. The third kappa shape index (κ3) is 49.4. The van der Waals surface area contributed by atoms with E-state index < -0.39 is 33.8 Å². The van der Waals surface area contributed by atoms with Crippen LogP contribution >= 0.6 is 0 Å². The SMILES string of the molecule is CC(=O)N1CC(OC(=O)C(C)(C)C)C1.CC(=O)Oc1ccc(CC(C)(C)C)cc1.CC(C)(C)C(=O)OC1CCOC1.CC(C)(C)C(=O)OC1CCOCC1.CC(C)(C)Cc1ccncc1.CC1=CC(C(C)(C)C)OC1=O.CN1CCN(C(=O)C(C)(C)C)CC1.COC(=O)[C@@H]1CCCN1C(=O)C(C)(C)C.COC(=O)[C@@H]1CCCN1C(=O)OCC(C)(C)C.COC(=O)n1cc(CC(C)(C)C)c2ccccc21. The third-order valence-corrected chi connectivity index (χ3v) is 21.8. The smallest absolute Gasteiger partial charge is 0.418 e. The van der Waals surface area contributed by atoms with E-state index in [1.165, 1.54) is 56.8 Å². The molecule has 7 aliphatic rings. The molecule has 2 unspecified atom stereocenters. The number of aromatic nitrogens is 2. The number of piperazine rings is 1. The summed E-state index contributed by atoms with van der Waals surface area (Å²) in [6, 6.07) is 18.9. The highest BCUT2D eigenvalue weighted by Crippen LogP contribution is 2.34. The van der Waals surface area contributed by atoms with Crippen molar-refractivity contribution in [1.29, 1.82) is 0 Å². The molecule has 7 aliphatic heterocycles. The Morgan fingerprint density at radius 3 is 1.29 bits per heavy atom. The number of rotatable bonds is 10. The number of hydrogen-bond donors (Lipinski definition) is 0. The van der Waals surface area contributed by atoms with Gasteiger partial charge in [-0.25, -0.2) is 24.0 Å². The molecule has 0 N–H and O–H groups in total. The predicted molar refractivity (Wildman–Crippen MR) is 542 cm³/mol. The summed E-state index contributed by atoms with van der Waals surface area (Å²) in [5.41, 5.74) is 4.33. The minimum Gasteiger partial charge on any atom is -0.467 e. The van der Waals surface area contributed by atoms with Crippen molar-refractivity contribution in [3.05, 3.63) is 108 Å². The zero-order valence-corrected chi connectivity index (χ0v) is 91.8. The molecule has 0 bridgehead atoms. The fourth-order valence-corrected chi connectivity index (χ4v) is 13.9. The minimum absolute atomic E-state index is 0.0169. The number of esters is 7. The first-order valence-electron chi connectivity index (χ1n) is 48.9. The van der Waals surface area contributed by atoms with E-state index >= 15 is 0 Å². The van der Waals surface area contributed by atoms with Crippen molar-refractivity contribution >= 4 is 82.6 Å². The van der Waals surface area contributed by atoms with Gasteiger partial charge in [0.15, 0.2) is 0 Å². The van der Waals surface area contributed by atoms with Crippen LogP contribution in [0.5, 0.6) is 5.75 Å². The number of cyclic esters (lactones) is 1. The quantitative estimate of drug-likeness (QED) is 0.0808. The zero-order chi connectivity index (χ0) is 107. The van der Waals surface area contributed by atoms with Crippen molar-refractivity contribution in [2.45, 2.75) is 329 Å². The van der Waals surface area contributed by atoms with Crippen molar-refractivity contribution in [3.63, 3.8) is 0 Å². The molecule has 4 amide bonds. The van der Waals surface area contributed by atoms with Gasteiger partial charge in [-0.3, -0.25) is 48.0 Å². The van der Waals surface area contributed by atoms with Gasteiger partial charge in [0.2, 0.25) is 17.7 Å². The number of likely N-dealkylation sites (N-methyl/N-ethyl adjacent to an activating group) is 1. The highest BCUT2D eigenvalue weighted by atomic mass is 16.6. The van der Waals surface area contributed by atoms with Gasteiger partial charge in [-0.05, 0) is 196 Å². The summed E-state index contributed by atoms with van der Waals surface area (Å²) < 4.78 is 57.0. The van der Waals surface area contributed by atoms with Crippen molar-refractivity contribution in [2.24, 2.45) is 54.1 Å². The second-order valence-corrected chi connectivity index (χ2v) is 47.4. The highest BCUT2D eigenvalue weighted by molar-refractivity contribution is 5.93. The van der Waals surface area contributed by atoms with Crippen molar-refractivity contribution < 1.29 is 110 Å². The topological polar surface area (TPSA) is 340 Å². The normalized spacial score (nSPS) is 18.1. The summed E-state index contributed by atoms with van der Waals surface area (Å²) in [7, 11) is 6.19. The monoisotopic (exact) mass is 1950 g/mol. The lowest BCUT2D eigenvalue weighted by molar-refractivity contribution is -0.170. The van der Waals surface area contributed by atoms with Crippen molar-refractivity contribution in [1.82, 2.24) is 34.1 Å². The molecule has 2 aromatic carbocycles. The molecule has 786 valence electrons. The number of pyridine rings is 1. The van der Waals surface area contributed by atoms with E-state index in [4.69, 9.17) is 47.4 Å². The molecular weight excluding hydrogens is 1780 g/mol. The van der Waals surface area contributed by atoms with E-state index in [-0.39, 0.29) is 123 Å². The van der Waals surface area contributed by atoms with Crippen LogP contribution in [0.15, 0.2) is 90.9 Å². The maximum absolute atomic E-state index is 12.0. The summed E-state index contributed by atoms with van der Waals surface area (Å²) in [5.74, 6) is -0.629. The first-order valence-corrected chi connectivity index (χ1v) is 48.9.